The topological polar surface area (TPSA) is 65.9 Å². The largest absolute Gasteiger partial charge is 0.465 e. The van der Waals surface area contributed by atoms with Gasteiger partial charge in [0.05, 0.1) is 13.2 Å². The molecule has 6 heteroatoms. The molecule has 1 atom stereocenters. The molecule has 6 nitrogen and oxygen atoms in total. The molecule has 0 aromatic carbocycles. The Hall–Kier alpha value is -1.14. The van der Waals surface area contributed by atoms with Gasteiger partial charge in [0, 0.05) is 13.6 Å². The molecular formula is C9H17N3O3. The number of amidine groups is 1. The van der Waals surface area contributed by atoms with E-state index in [9.17, 15) is 4.79 Å². The van der Waals surface area contributed by atoms with Crippen molar-refractivity contribution in [3.05, 3.63) is 0 Å². The summed E-state index contributed by atoms with van der Waals surface area (Å²) in [5, 5.41) is 10.8. The van der Waals surface area contributed by atoms with E-state index >= 15 is 0 Å². The van der Waals surface area contributed by atoms with Gasteiger partial charge in [-0.15, -0.1) is 0 Å². The minimum Gasteiger partial charge on any atom is -0.465 e. The van der Waals surface area contributed by atoms with Gasteiger partial charge in [0.25, 0.3) is 0 Å². The molecule has 1 aliphatic rings. The highest BCUT2D eigenvalue weighted by Gasteiger charge is 2.39. The van der Waals surface area contributed by atoms with Crippen molar-refractivity contribution in [2.24, 2.45) is 5.92 Å². The van der Waals surface area contributed by atoms with Crippen molar-refractivity contribution in [3.63, 3.8) is 0 Å². The molecule has 0 bridgehead atoms. The number of rotatable bonds is 4. The van der Waals surface area contributed by atoms with Crippen molar-refractivity contribution in [3.8, 4) is 0 Å². The van der Waals surface area contributed by atoms with E-state index in [-0.39, 0.29) is 11.8 Å². The summed E-state index contributed by atoms with van der Waals surface area (Å²) >= 11 is 0. The van der Waals surface area contributed by atoms with E-state index in [1.807, 2.05) is 6.92 Å². The standard InChI is InChI=1S/C9H17N3O3/c1-4-14-9(13)7-6-11(3)12(8(7)10)15-5-2/h7,10H,4-6H2,1-3H3. The first kappa shape index (κ1) is 11.9. The first-order valence-electron chi connectivity index (χ1n) is 5.01. The van der Waals surface area contributed by atoms with E-state index in [0.29, 0.717) is 19.8 Å². The summed E-state index contributed by atoms with van der Waals surface area (Å²) in [4.78, 5) is 16.7. The van der Waals surface area contributed by atoms with Gasteiger partial charge in [-0.25, -0.2) is 0 Å². The smallest absolute Gasteiger partial charge is 0.318 e. The maximum atomic E-state index is 11.5. The molecule has 0 radical (unpaired) electrons. The third-order valence-corrected chi connectivity index (χ3v) is 2.12. The Morgan fingerprint density at radius 1 is 1.53 bits per heavy atom. The maximum absolute atomic E-state index is 11.5. The van der Waals surface area contributed by atoms with Crippen LogP contribution in [0.1, 0.15) is 13.8 Å². The summed E-state index contributed by atoms with van der Waals surface area (Å²) in [6, 6.07) is 0. The van der Waals surface area contributed by atoms with E-state index in [4.69, 9.17) is 15.0 Å². The van der Waals surface area contributed by atoms with Crippen molar-refractivity contribution >= 4 is 11.8 Å². The zero-order valence-corrected chi connectivity index (χ0v) is 9.32. The van der Waals surface area contributed by atoms with Crippen LogP contribution in [0.2, 0.25) is 0 Å². The molecule has 1 unspecified atom stereocenters. The fourth-order valence-corrected chi connectivity index (χ4v) is 1.46. The van der Waals surface area contributed by atoms with Gasteiger partial charge < -0.3 is 4.74 Å². The fourth-order valence-electron chi connectivity index (χ4n) is 1.46. The number of nitrogens with one attached hydrogen (secondary N) is 1. The predicted molar refractivity (Wildman–Crippen MR) is 53.9 cm³/mol. The maximum Gasteiger partial charge on any atom is 0.318 e. The average Bonchev–Trinajstić information content (AvgIpc) is 2.47. The third-order valence-electron chi connectivity index (χ3n) is 2.12. The number of nitrogens with zero attached hydrogens (tertiary/aromatic N) is 2. The van der Waals surface area contributed by atoms with E-state index in [1.165, 1.54) is 5.17 Å². The highest BCUT2D eigenvalue weighted by Crippen LogP contribution is 2.18. The minimum atomic E-state index is -0.540. The zero-order valence-electron chi connectivity index (χ0n) is 9.32. The molecule has 0 spiro atoms. The van der Waals surface area contributed by atoms with E-state index in [2.05, 4.69) is 0 Å². The van der Waals surface area contributed by atoms with Crippen molar-refractivity contribution < 1.29 is 14.4 Å². The molecular weight excluding hydrogens is 198 g/mol. The molecule has 1 fully saturated rings. The molecule has 0 saturated carbocycles. The first-order chi connectivity index (χ1) is 7.11. The molecule has 86 valence electrons. The molecule has 1 heterocycles. The normalized spacial score (nSPS) is 22.2. The lowest BCUT2D eigenvalue weighted by atomic mass is 10.1. The molecule has 1 rings (SSSR count). The Balaban J connectivity index is 2.64. The molecule has 0 aromatic rings. The van der Waals surface area contributed by atoms with Gasteiger partial charge in [0.15, 0.2) is 5.84 Å². The van der Waals surface area contributed by atoms with Crippen LogP contribution in [0.5, 0.6) is 0 Å². The van der Waals surface area contributed by atoms with Crippen LogP contribution in [-0.2, 0) is 14.4 Å². The monoisotopic (exact) mass is 215 g/mol. The molecule has 1 aliphatic heterocycles. The van der Waals surface area contributed by atoms with Gasteiger partial charge >= 0.3 is 5.97 Å². The van der Waals surface area contributed by atoms with Crippen molar-refractivity contribution in [2.45, 2.75) is 13.8 Å². The molecule has 0 aromatic heterocycles. The van der Waals surface area contributed by atoms with Gasteiger partial charge in [-0.3, -0.25) is 15.0 Å². The van der Waals surface area contributed by atoms with Crippen molar-refractivity contribution in [1.82, 2.24) is 10.2 Å². The number of carbonyl (C=O) groups is 1. The number of hydrazine groups is 1. The number of carbonyl (C=O) groups excluding carboxylic acids is 1. The van der Waals surface area contributed by atoms with Crippen LogP contribution in [0.15, 0.2) is 0 Å². The number of hydroxylamine groups is 1. The van der Waals surface area contributed by atoms with Crippen LogP contribution in [0.25, 0.3) is 0 Å². The minimum absolute atomic E-state index is 0.137. The Morgan fingerprint density at radius 3 is 2.73 bits per heavy atom. The molecule has 0 amide bonds. The molecule has 1 N–H and O–H groups in total. The van der Waals surface area contributed by atoms with E-state index in [1.54, 1.807) is 19.0 Å². The highest BCUT2D eigenvalue weighted by molar-refractivity contribution is 6.00. The lowest BCUT2D eigenvalue weighted by molar-refractivity contribution is -0.203. The summed E-state index contributed by atoms with van der Waals surface area (Å²) in [6.07, 6.45) is 0. The summed E-state index contributed by atoms with van der Waals surface area (Å²) in [5.74, 6) is -0.768. The summed E-state index contributed by atoms with van der Waals surface area (Å²) in [7, 11) is 1.77. The van der Waals surface area contributed by atoms with Crippen LogP contribution in [0.3, 0.4) is 0 Å². The van der Waals surface area contributed by atoms with E-state index < -0.39 is 5.92 Å². The Kier molecular flexibility index (Phi) is 4.05. The Morgan fingerprint density at radius 2 is 2.20 bits per heavy atom. The summed E-state index contributed by atoms with van der Waals surface area (Å²) < 4.78 is 4.88. The Labute approximate surface area is 89.2 Å². The summed E-state index contributed by atoms with van der Waals surface area (Å²) in [5.41, 5.74) is 0. The van der Waals surface area contributed by atoms with Crippen molar-refractivity contribution in [2.75, 3.05) is 26.8 Å². The van der Waals surface area contributed by atoms with Gasteiger partial charge in [0.1, 0.15) is 5.92 Å². The highest BCUT2D eigenvalue weighted by atomic mass is 16.7. The van der Waals surface area contributed by atoms with Crippen LogP contribution in [0, 0.1) is 11.3 Å². The van der Waals surface area contributed by atoms with Crippen molar-refractivity contribution in [1.29, 1.82) is 5.41 Å². The number of ether oxygens (including phenoxy) is 1. The van der Waals surface area contributed by atoms with Crippen LogP contribution >= 0.6 is 0 Å². The molecule has 0 aliphatic carbocycles. The lowest BCUT2D eigenvalue weighted by Gasteiger charge is -2.23. The molecule has 15 heavy (non-hydrogen) atoms. The van der Waals surface area contributed by atoms with Gasteiger partial charge in [-0.2, -0.15) is 10.2 Å². The average molecular weight is 215 g/mol. The number of esters is 1. The lowest BCUT2D eigenvalue weighted by Crippen LogP contribution is -2.36. The first-order valence-corrected chi connectivity index (χ1v) is 5.01. The second-order valence-corrected chi connectivity index (χ2v) is 3.22. The summed E-state index contributed by atoms with van der Waals surface area (Å²) in [6.45, 7) is 4.81. The fraction of sp³-hybridized carbons (Fsp3) is 0.778. The van der Waals surface area contributed by atoms with Gasteiger partial charge in [-0.05, 0) is 13.8 Å². The number of hydrogen-bond donors (Lipinski definition) is 1. The van der Waals surface area contributed by atoms with Crippen LogP contribution in [-0.4, -0.2) is 48.8 Å². The quantitative estimate of drug-likeness (QED) is 0.681. The van der Waals surface area contributed by atoms with Gasteiger partial charge in [-0.1, -0.05) is 0 Å². The van der Waals surface area contributed by atoms with Crippen LogP contribution < -0.4 is 0 Å². The number of hydrogen-bond acceptors (Lipinski definition) is 5. The molecule has 1 saturated heterocycles. The third kappa shape index (κ3) is 2.45. The Bertz CT molecular complexity index is 257. The van der Waals surface area contributed by atoms with Crippen LogP contribution in [0.4, 0.5) is 0 Å². The second kappa shape index (κ2) is 5.09. The van der Waals surface area contributed by atoms with E-state index in [0.717, 1.165) is 0 Å². The zero-order chi connectivity index (χ0) is 11.4. The SMILES string of the molecule is CCOC(=O)C1CN(C)N(OCC)C1=N. The van der Waals surface area contributed by atoms with Gasteiger partial charge in [0.2, 0.25) is 0 Å². The predicted octanol–water partition coefficient (Wildman–Crippen LogP) is 0.257. The second-order valence-electron chi connectivity index (χ2n) is 3.22.